The SMILES string of the molecule is COC(=O)Nc1cc(C#N)ccc1-c1cc(=O)n(CC(=O)NCC2CNC(=O)C2)c(C)n1. The summed E-state index contributed by atoms with van der Waals surface area (Å²) in [7, 11) is 1.21. The van der Waals surface area contributed by atoms with E-state index in [2.05, 4.69) is 25.7 Å². The number of nitrogens with one attached hydrogen (secondary N) is 3. The van der Waals surface area contributed by atoms with E-state index in [4.69, 9.17) is 5.26 Å². The van der Waals surface area contributed by atoms with Crippen molar-refractivity contribution in [2.45, 2.75) is 19.9 Å². The van der Waals surface area contributed by atoms with E-state index in [0.717, 1.165) is 0 Å². The van der Waals surface area contributed by atoms with Crippen LogP contribution >= 0.6 is 0 Å². The molecule has 1 aromatic carbocycles. The first kappa shape index (κ1) is 22.5. The lowest BCUT2D eigenvalue weighted by atomic mass is 10.1. The Hall–Kier alpha value is -4.20. The molecule has 1 unspecified atom stereocenters. The standard InChI is InChI=1S/C21H22N6O5/c1-12-25-17(15-4-3-13(8-22)5-16(15)26-21(31)32-2)7-20(30)27(12)11-19(29)24-10-14-6-18(28)23-9-14/h3-5,7,14H,6,9-11H2,1-2H3,(H,23,28)(H,24,29)(H,26,31). The van der Waals surface area contributed by atoms with Crippen molar-refractivity contribution < 1.29 is 19.1 Å². The summed E-state index contributed by atoms with van der Waals surface area (Å²) in [6, 6.07) is 7.79. The number of aryl methyl sites for hydroxylation is 1. The number of anilines is 1. The summed E-state index contributed by atoms with van der Waals surface area (Å²) in [5, 5.41) is 17.1. The summed E-state index contributed by atoms with van der Waals surface area (Å²) in [4.78, 5) is 52.3. The van der Waals surface area contributed by atoms with Crippen molar-refractivity contribution in [3.63, 3.8) is 0 Å². The van der Waals surface area contributed by atoms with Gasteiger partial charge < -0.3 is 15.4 Å². The van der Waals surface area contributed by atoms with E-state index >= 15 is 0 Å². The van der Waals surface area contributed by atoms with E-state index < -0.39 is 11.7 Å². The topological polar surface area (TPSA) is 155 Å². The monoisotopic (exact) mass is 438 g/mol. The van der Waals surface area contributed by atoms with Gasteiger partial charge >= 0.3 is 6.09 Å². The summed E-state index contributed by atoms with van der Waals surface area (Å²) in [6.07, 6.45) is -0.371. The average molecular weight is 438 g/mol. The van der Waals surface area contributed by atoms with Crippen LogP contribution in [0.5, 0.6) is 0 Å². The van der Waals surface area contributed by atoms with Gasteiger partial charge in [0.15, 0.2) is 0 Å². The van der Waals surface area contributed by atoms with Crippen LogP contribution in [0.1, 0.15) is 17.8 Å². The zero-order chi connectivity index (χ0) is 23.3. The molecule has 1 saturated heterocycles. The predicted octanol–water partition coefficient (Wildman–Crippen LogP) is 0.521. The smallest absolute Gasteiger partial charge is 0.411 e. The van der Waals surface area contributed by atoms with Crippen LogP contribution in [-0.4, -0.2) is 47.7 Å². The second kappa shape index (κ2) is 9.74. The van der Waals surface area contributed by atoms with Crippen molar-refractivity contribution in [2.75, 3.05) is 25.5 Å². The van der Waals surface area contributed by atoms with Crippen LogP contribution in [-0.2, 0) is 20.9 Å². The number of benzene rings is 1. The maximum atomic E-state index is 12.7. The van der Waals surface area contributed by atoms with Crippen molar-refractivity contribution in [1.82, 2.24) is 20.2 Å². The first-order valence-electron chi connectivity index (χ1n) is 9.82. The number of amides is 3. The maximum absolute atomic E-state index is 12.7. The van der Waals surface area contributed by atoms with E-state index in [0.29, 0.717) is 36.5 Å². The molecule has 3 rings (SSSR count). The van der Waals surface area contributed by atoms with Crippen LogP contribution < -0.4 is 21.5 Å². The second-order valence-electron chi connectivity index (χ2n) is 7.28. The molecule has 3 amide bonds. The highest BCUT2D eigenvalue weighted by atomic mass is 16.5. The van der Waals surface area contributed by atoms with E-state index in [1.165, 1.54) is 29.9 Å². The minimum Gasteiger partial charge on any atom is -0.453 e. The zero-order valence-corrected chi connectivity index (χ0v) is 17.6. The summed E-state index contributed by atoms with van der Waals surface area (Å²) >= 11 is 0. The van der Waals surface area contributed by atoms with Crippen LogP contribution in [0.25, 0.3) is 11.3 Å². The molecule has 0 radical (unpaired) electrons. The van der Waals surface area contributed by atoms with Gasteiger partial charge in [-0.15, -0.1) is 0 Å². The van der Waals surface area contributed by atoms with Gasteiger partial charge in [-0.2, -0.15) is 5.26 Å². The van der Waals surface area contributed by atoms with Crippen LogP contribution in [0.3, 0.4) is 0 Å². The molecule has 0 spiro atoms. The molecule has 32 heavy (non-hydrogen) atoms. The fourth-order valence-corrected chi connectivity index (χ4v) is 3.32. The Morgan fingerprint density at radius 2 is 2.12 bits per heavy atom. The maximum Gasteiger partial charge on any atom is 0.411 e. The zero-order valence-electron chi connectivity index (χ0n) is 17.6. The van der Waals surface area contributed by atoms with Crippen LogP contribution in [0.4, 0.5) is 10.5 Å². The third-order valence-corrected chi connectivity index (χ3v) is 5.00. The molecule has 1 fully saturated rings. The van der Waals surface area contributed by atoms with Crippen molar-refractivity contribution in [3.05, 3.63) is 46.0 Å². The highest BCUT2D eigenvalue weighted by Gasteiger charge is 2.22. The summed E-state index contributed by atoms with van der Waals surface area (Å²) < 4.78 is 5.84. The van der Waals surface area contributed by atoms with Gasteiger partial charge in [-0.1, -0.05) is 0 Å². The fourth-order valence-electron chi connectivity index (χ4n) is 3.32. The predicted molar refractivity (Wildman–Crippen MR) is 114 cm³/mol. The molecular weight excluding hydrogens is 416 g/mol. The van der Waals surface area contributed by atoms with E-state index in [1.807, 2.05) is 6.07 Å². The molecule has 0 aliphatic carbocycles. The Morgan fingerprint density at radius 3 is 2.75 bits per heavy atom. The van der Waals surface area contributed by atoms with Gasteiger partial charge in [-0.05, 0) is 25.1 Å². The minimum absolute atomic E-state index is 0.0295. The van der Waals surface area contributed by atoms with Crippen molar-refractivity contribution in [1.29, 1.82) is 5.26 Å². The van der Waals surface area contributed by atoms with Gasteiger partial charge in [0.05, 0.1) is 30.1 Å². The molecular formula is C21H22N6O5. The second-order valence-corrected chi connectivity index (χ2v) is 7.28. The molecule has 0 saturated carbocycles. The fraction of sp³-hybridized carbons (Fsp3) is 0.333. The third-order valence-electron chi connectivity index (χ3n) is 5.00. The number of carbonyl (C=O) groups excluding carboxylic acids is 3. The van der Waals surface area contributed by atoms with E-state index in [9.17, 15) is 19.2 Å². The summed E-state index contributed by atoms with van der Waals surface area (Å²) in [5.41, 5.74) is 0.812. The molecule has 1 aliphatic heterocycles. The lowest BCUT2D eigenvalue weighted by molar-refractivity contribution is -0.122. The molecule has 1 aromatic heterocycles. The van der Waals surface area contributed by atoms with Crippen LogP contribution in [0.15, 0.2) is 29.1 Å². The molecule has 3 N–H and O–H groups in total. The van der Waals surface area contributed by atoms with Gasteiger partial charge in [-0.3, -0.25) is 24.3 Å². The average Bonchev–Trinajstić information content (AvgIpc) is 3.19. The molecule has 0 bridgehead atoms. The molecule has 1 atom stereocenters. The number of nitrogens with zero attached hydrogens (tertiary/aromatic N) is 3. The number of methoxy groups -OCH3 is 1. The van der Waals surface area contributed by atoms with E-state index in [1.54, 1.807) is 13.0 Å². The summed E-state index contributed by atoms with van der Waals surface area (Å²) in [6.45, 7) is 2.23. The number of rotatable bonds is 6. The Labute approximate surface area is 183 Å². The quantitative estimate of drug-likeness (QED) is 0.594. The number of ether oxygens (including phenoxy) is 1. The normalized spacial score (nSPS) is 14.9. The molecule has 2 heterocycles. The van der Waals surface area contributed by atoms with Gasteiger partial charge in [0.1, 0.15) is 12.4 Å². The molecule has 2 aromatic rings. The number of aromatic nitrogens is 2. The largest absolute Gasteiger partial charge is 0.453 e. The Morgan fingerprint density at radius 1 is 1.34 bits per heavy atom. The molecule has 11 heteroatoms. The first-order valence-corrected chi connectivity index (χ1v) is 9.82. The lowest BCUT2D eigenvalue weighted by Crippen LogP contribution is -2.36. The highest BCUT2D eigenvalue weighted by Crippen LogP contribution is 2.27. The Bertz CT molecular complexity index is 1170. The third kappa shape index (κ3) is 5.28. The Kier molecular flexibility index (Phi) is 6.84. The number of hydrogen-bond donors (Lipinski definition) is 3. The van der Waals surface area contributed by atoms with Gasteiger partial charge in [0, 0.05) is 37.1 Å². The van der Waals surface area contributed by atoms with Gasteiger partial charge in [0.25, 0.3) is 5.56 Å². The van der Waals surface area contributed by atoms with Crippen molar-refractivity contribution >= 4 is 23.6 Å². The van der Waals surface area contributed by atoms with Crippen LogP contribution in [0.2, 0.25) is 0 Å². The number of nitriles is 1. The van der Waals surface area contributed by atoms with Gasteiger partial charge in [-0.25, -0.2) is 9.78 Å². The number of hydrogen-bond acceptors (Lipinski definition) is 7. The first-order chi connectivity index (χ1) is 15.3. The summed E-state index contributed by atoms with van der Waals surface area (Å²) in [5.74, 6) is -0.0777. The minimum atomic E-state index is -0.734. The van der Waals surface area contributed by atoms with Crippen LogP contribution in [0, 0.1) is 24.2 Å². The Balaban J connectivity index is 1.80. The lowest BCUT2D eigenvalue weighted by Gasteiger charge is -2.14. The molecule has 166 valence electrons. The van der Waals surface area contributed by atoms with Gasteiger partial charge in [0.2, 0.25) is 11.8 Å². The van der Waals surface area contributed by atoms with E-state index in [-0.39, 0.29) is 35.7 Å². The van der Waals surface area contributed by atoms with Crippen molar-refractivity contribution in [2.24, 2.45) is 5.92 Å². The molecule has 11 nitrogen and oxygen atoms in total. The van der Waals surface area contributed by atoms with Crippen molar-refractivity contribution in [3.8, 4) is 17.3 Å². The highest BCUT2D eigenvalue weighted by molar-refractivity contribution is 5.91. The number of carbonyl (C=O) groups is 3. The molecule has 1 aliphatic rings.